The molecule has 4 N–H and O–H groups in total. The summed E-state index contributed by atoms with van der Waals surface area (Å²) in [6, 6.07) is 11.1. The van der Waals surface area contributed by atoms with Gasteiger partial charge in [0.25, 0.3) is 0 Å². The van der Waals surface area contributed by atoms with Crippen LogP contribution in [0.4, 0.5) is 0 Å². The van der Waals surface area contributed by atoms with Crippen LogP contribution in [0.2, 0.25) is 0 Å². The lowest BCUT2D eigenvalue weighted by Crippen LogP contribution is -2.37. The van der Waals surface area contributed by atoms with Crippen LogP contribution in [0.15, 0.2) is 53.4 Å². The Morgan fingerprint density at radius 1 is 1.12 bits per heavy atom. The molecule has 0 radical (unpaired) electrons. The molecule has 0 fully saturated rings. The molecule has 0 aliphatic heterocycles. The van der Waals surface area contributed by atoms with Gasteiger partial charge in [-0.2, -0.15) is 0 Å². The van der Waals surface area contributed by atoms with Gasteiger partial charge >= 0.3 is 5.97 Å². The number of carboxylic acids is 1. The molecule has 0 saturated heterocycles. The molecule has 0 aliphatic carbocycles. The Kier molecular flexibility index (Phi) is 5.96. The highest BCUT2D eigenvalue weighted by Gasteiger charge is 2.21. The molecule has 1 unspecified atom stereocenters. The lowest BCUT2D eigenvalue weighted by molar-refractivity contribution is -0.125. The number of ether oxygens (including phenoxy) is 1. The summed E-state index contributed by atoms with van der Waals surface area (Å²) in [6.45, 7) is 0. The van der Waals surface area contributed by atoms with E-state index in [2.05, 4.69) is 0 Å². The molecule has 0 spiro atoms. The number of ketones is 1. The Balaban J connectivity index is 1.98. The quantitative estimate of drug-likeness (QED) is 0.580. The van der Waals surface area contributed by atoms with Gasteiger partial charge in [-0.25, -0.2) is 13.2 Å². The van der Waals surface area contributed by atoms with Crippen molar-refractivity contribution in [3.8, 4) is 11.5 Å². The molecule has 0 amide bonds. The highest BCUT2D eigenvalue weighted by Crippen LogP contribution is 2.24. The van der Waals surface area contributed by atoms with Crippen molar-refractivity contribution in [1.82, 2.24) is 0 Å². The third-order valence-corrected chi connectivity index (χ3v) is 5.23. The molecule has 0 aromatic heterocycles. The number of carbonyl (C=O) groups is 2. The highest BCUT2D eigenvalue weighted by molar-refractivity contribution is 7.91. The zero-order valence-corrected chi connectivity index (χ0v) is 14.3. The lowest BCUT2D eigenvalue weighted by Gasteiger charge is -2.14. The second kappa shape index (κ2) is 7.98. The van der Waals surface area contributed by atoms with E-state index in [4.69, 9.17) is 15.6 Å². The van der Waals surface area contributed by atoms with Crippen LogP contribution in [0.3, 0.4) is 0 Å². The number of nitrogens with two attached hydrogens (primary N) is 1. The molecule has 0 saturated carbocycles. The van der Waals surface area contributed by atoms with E-state index in [0.29, 0.717) is 0 Å². The van der Waals surface area contributed by atoms with Crippen molar-refractivity contribution in [2.75, 3.05) is 5.75 Å². The maximum atomic E-state index is 12.1. The third kappa shape index (κ3) is 4.80. The first-order valence-corrected chi connectivity index (χ1v) is 9.15. The van der Waals surface area contributed by atoms with Gasteiger partial charge < -0.3 is 14.9 Å². The summed E-state index contributed by atoms with van der Waals surface area (Å²) in [6.07, 6.45) is -1.80. The molecule has 8 nitrogen and oxygen atoms in total. The van der Waals surface area contributed by atoms with Gasteiger partial charge in [0.05, 0.1) is 10.6 Å². The van der Waals surface area contributed by atoms with Crippen LogP contribution in [0.5, 0.6) is 11.5 Å². The van der Waals surface area contributed by atoms with Crippen molar-refractivity contribution in [3.63, 3.8) is 0 Å². The second-order valence-corrected chi connectivity index (χ2v) is 7.48. The van der Waals surface area contributed by atoms with Crippen LogP contribution in [-0.4, -0.2) is 42.4 Å². The number of phenols is 1. The van der Waals surface area contributed by atoms with Crippen molar-refractivity contribution >= 4 is 21.6 Å². The molecule has 0 bridgehead atoms. The van der Waals surface area contributed by atoms with Gasteiger partial charge in [0.2, 0.25) is 6.23 Å². The van der Waals surface area contributed by atoms with Crippen LogP contribution < -0.4 is 10.5 Å². The predicted molar refractivity (Wildman–Crippen MR) is 91.8 cm³/mol. The molecule has 0 aliphatic rings. The average Bonchev–Trinajstić information content (AvgIpc) is 2.60. The van der Waals surface area contributed by atoms with Gasteiger partial charge in [-0.15, -0.1) is 0 Å². The fraction of sp³-hybridized carbons (Fsp3) is 0.176. The van der Waals surface area contributed by atoms with Crippen LogP contribution in [0.1, 0.15) is 16.8 Å². The van der Waals surface area contributed by atoms with E-state index in [-0.39, 0.29) is 22.6 Å². The zero-order valence-electron chi connectivity index (χ0n) is 13.5. The molecule has 0 heterocycles. The van der Waals surface area contributed by atoms with Gasteiger partial charge in [0, 0.05) is 12.5 Å². The van der Waals surface area contributed by atoms with Gasteiger partial charge in [-0.05, 0) is 24.3 Å². The maximum Gasteiger partial charge on any atom is 0.339 e. The van der Waals surface area contributed by atoms with E-state index >= 15 is 0 Å². The second-order valence-electron chi connectivity index (χ2n) is 5.37. The highest BCUT2D eigenvalue weighted by atomic mass is 32.2. The number of sulfone groups is 1. The van der Waals surface area contributed by atoms with E-state index in [0.717, 1.165) is 12.1 Å². The summed E-state index contributed by atoms with van der Waals surface area (Å²) >= 11 is 0. The Morgan fingerprint density at radius 2 is 1.77 bits per heavy atom. The number of hydrogen-bond acceptors (Lipinski definition) is 7. The van der Waals surface area contributed by atoms with E-state index in [1.165, 1.54) is 18.2 Å². The maximum absolute atomic E-state index is 12.1. The molecule has 26 heavy (non-hydrogen) atoms. The van der Waals surface area contributed by atoms with E-state index < -0.39 is 39.3 Å². The number of rotatable bonds is 8. The van der Waals surface area contributed by atoms with Crippen molar-refractivity contribution in [3.05, 3.63) is 54.1 Å². The summed E-state index contributed by atoms with van der Waals surface area (Å²) in [5.41, 5.74) is 5.27. The Labute approximate surface area is 149 Å². The van der Waals surface area contributed by atoms with Crippen LogP contribution in [0.25, 0.3) is 0 Å². The number of carbonyl (C=O) groups excluding carboxylic acids is 1. The number of hydrogen-bond donors (Lipinski definition) is 3. The SMILES string of the molecule is NC(Oc1ccc(C(=O)O)c(O)c1)C(=O)CCS(=O)(=O)c1ccccc1. The van der Waals surface area contributed by atoms with Crippen molar-refractivity contribution < 1.29 is 33.0 Å². The third-order valence-electron chi connectivity index (χ3n) is 3.50. The smallest absolute Gasteiger partial charge is 0.339 e. The minimum Gasteiger partial charge on any atom is -0.507 e. The molecular weight excluding hydrogens is 362 g/mol. The summed E-state index contributed by atoms with van der Waals surface area (Å²) in [5, 5.41) is 18.4. The van der Waals surface area contributed by atoms with E-state index in [1.807, 2.05) is 0 Å². The van der Waals surface area contributed by atoms with Crippen LogP contribution in [-0.2, 0) is 14.6 Å². The summed E-state index contributed by atoms with van der Waals surface area (Å²) in [5.74, 6) is -2.94. The number of carboxylic acid groups (broad SMARTS) is 1. The summed E-state index contributed by atoms with van der Waals surface area (Å²) < 4.78 is 29.4. The first-order chi connectivity index (χ1) is 12.2. The normalized spacial score (nSPS) is 12.3. The predicted octanol–water partition coefficient (Wildman–Crippen LogP) is 1.19. The number of benzene rings is 2. The minimum absolute atomic E-state index is 0.0146. The van der Waals surface area contributed by atoms with Crippen molar-refractivity contribution in [1.29, 1.82) is 0 Å². The standard InChI is InChI=1S/C17H17NO7S/c18-16(25-11-6-7-13(17(21)22)15(20)10-11)14(19)8-9-26(23,24)12-4-2-1-3-5-12/h1-7,10,16,20H,8-9,18H2,(H,21,22). The molecule has 2 aromatic carbocycles. The molecule has 2 aromatic rings. The minimum atomic E-state index is -3.62. The Morgan fingerprint density at radius 3 is 2.35 bits per heavy atom. The summed E-state index contributed by atoms with van der Waals surface area (Å²) in [4.78, 5) is 22.9. The number of Topliss-reactive ketones (excluding diaryl/α,β-unsaturated/α-hetero) is 1. The van der Waals surface area contributed by atoms with Gasteiger partial charge in [0.15, 0.2) is 15.6 Å². The molecule has 138 valence electrons. The monoisotopic (exact) mass is 379 g/mol. The van der Waals surface area contributed by atoms with Crippen molar-refractivity contribution in [2.45, 2.75) is 17.5 Å². The number of aromatic hydroxyl groups is 1. The van der Waals surface area contributed by atoms with Crippen LogP contribution in [0, 0.1) is 0 Å². The first kappa shape index (κ1) is 19.4. The first-order valence-electron chi connectivity index (χ1n) is 7.50. The summed E-state index contributed by atoms with van der Waals surface area (Å²) in [7, 11) is -3.62. The topological polar surface area (TPSA) is 144 Å². The number of aromatic carboxylic acids is 1. The van der Waals surface area contributed by atoms with E-state index in [1.54, 1.807) is 18.2 Å². The average molecular weight is 379 g/mol. The molecule has 2 rings (SSSR count). The molecule has 9 heteroatoms. The largest absolute Gasteiger partial charge is 0.507 e. The molecular formula is C17H17NO7S. The lowest BCUT2D eigenvalue weighted by atomic mass is 10.2. The van der Waals surface area contributed by atoms with Gasteiger partial charge in [-0.3, -0.25) is 10.5 Å². The fourth-order valence-corrected chi connectivity index (χ4v) is 3.38. The van der Waals surface area contributed by atoms with Crippen molar-refractivity contribution in [2.24, 2.45) is 5.73 Å². The Bertz CT molecular complexity index is 910. The van der Waals surface area contributed by atoms with Gasteiger partial charge in [0.1, 0.15) is 17.1 Å². The van der Waals surface area contributed by atoms with Crippen LogP contribution >= 0.6 is 0 Å². The fourth-order valence-electron chi connectivity index (χ4n) is 2.10. The van der Waals surface area contributed by atoms with Gasteiger partial charge in [-0.1, -0.05) is 18.2 Å². The van der Waals surface area contributed by atoms with E-state index in [9.17, 15) is 23.1 Å². The Hall–Kier alpha value is -2.91. The zero-order chi connectivity index (χ0) is 19.3. The molecule has 1 atom stereocenters.